The molecule has 0 fully saturated rings. The van der Waals surface area contributed by atoms with Gasteiger partial charge in [0.15, 0.2) is 0 Å². The van der Waals surface area contributed by atoms with E-state index in [2.05, 4.69) is 0 Å². The van der Waals surface area contributed by atoms with Crippen molar-refractivity contribution in [2.75, 3.05) is 18.0 Å². The highest BCUT2D eigenvalue weighted by atomic mass is 35.5. The number of halogens is 1. The first-order chi connectivity index (χ1) is 7.69. The molecule has 1 aromatic carbocycles. The van der Waals surface area contributed by atoms with E-state index < -0.39 is 0 Å². The van der Waals surface area contributed by atoms with Crippen molar-refractivity contribution in [1.29, 1.82) is 0 Å². The van der Waals surface area contributed by atoms with E-state index in [-0.39, 0.29) is 5.91 Å². The standard InChI is InChI=1S/C12H17ClN2O/c1-2-4-12(16)15(8-7-14)11-6-3-5-10(13)9-11/h3,5-6,9H,2,4,7-8,14H2,1H3. The van der Waals surface area contributed by atoms with Crippen molar-refractivity contribution in [2.24, 2.45) is 5.73 Å². The topological polar surface area (TPSA) is 46.3 Å². The number of benzene rings is 1. The number of hydrogen-bond acceptors (Lipinski definition) is 2. The molecule has 0 spiro atoms. The molecule has 4 heteroatoms. The van der Waals surface area contributed by atoms with E-state index in [1.54, 1.807) is 17.0 Å². The third-order valence-electron chi connectivity index (χ3n) is 2.24. The summed E-state index contributed by atoms with van der Waals surface area (Å²) in [7, 11) is 0. The minimum Gasteiger partial charge on any atom is -0.329 e. The maximum absolute atomic E-state index is 11.9. The summed E-state index contributed by atoms with van der Waals surface area (Å²) in [5, 5.41) is 0.629. The summed E-state index contributed by atoms with van der Waals surface area (Å²) >= 11 is 5.90. The van der Waals surface area contributed by atoms with Gasteiger partial charge >= 0.3 is 0 Å². The van der Waals surface area contributed by atoms with E-state index in [0.717, 1.165) is 12.1 Å². The third kappa shape index (κ3) is 3.51. The van der Waals surface area contributed by atoms with Gasteiger partial charge in [-0.3, -0.25) is 4.79 Å². The Hall–Kier alpha value is -1.06. The number of amides is 1. The van der Waals surface area contributed by atoms with E-state index in [0.29, 0.717) is 24.5 Å². The van der Waals surface area contributed by atoms with Crippen LogP contribution in [0.5, 0.6) is 0 Å². The molecule has 1 aromatic rings. The van der Waals surface area contributed by atoms with Gasteiger partial charge in [0.1, 0.15) is 0 Å². The van der Waals surface area contributed by atoms with Crippen LogP contribution >= 0.6 is 11.6 Å². The van der Waals surface area contributed by atoms with Crippen molar-refractivity contribution in [3.05, 3.63) is 29.3 Å². The van der Waals surface area contributed by atoms with Crippen molar-refractivity contribution in [2.45, 2.75) is 19.8 Å². The lowest BCUT2D eigenvalue weighted by Crippen LogP contribution is -2.35. The smallest absolute Gasteiger partial charge is 0.227 e. The number of carbonyl (C=O) groups is 1. The number of hydrogen-bond donors (Lipinski definition) is 1. The molecular formula is C12H17ClN2O. The molecule has 3 nitrogen and oxygen atoms in total. The molecule has 0 saturated carbocycles. The van der Waals surface area contributed by atoms with Crippen LogP contribution in [0.4, 0.5) is 5.69 Å². The summed E-state index contributed by atoms with van der Waals surface area (Å²) in [6, 6.07) is 7.27. The normalized spacial score (nSPS) is 10.2. The van der Waals surface area contributed by atoms with E-state index in [1.807, 2.05) is 19.1 Å². The molecular weight excluding hydrogens is 224 g/mol. The maximum Gasteiger partial charge on any atom is 0.227 e. The molecule has 0 unspecified atom stereocenters. The summed E-state index contributed by atoms with van der Waals surface area (Å²) in [5.41, 5.74) is 6.33. The Kier molecular flexibility index (Phi) is 5.29. The molecule has 0 heterocycles. The zero-order chi connectivity index (χ0) is 12.0. The van der Waals surface area contributed by atoms with Gasteiger partial charge in [0, 0.05) is 30.2 Å². The second-order valence-corrected chi connectivity index (χ2v) is 4.00. The summed E-state index contributed by atoms with van der Waals surface area (Å²) in [6.07, 6.45) is 1.37. The number of rotatable bonds is 5. The van der Waals surface area contributed by atoms with Gasteiger partial charge in [-0.1, -0.05) is 24.6 Å². The highest BCUT2D eigenvalue weighted by Gasteiger charge is 2.13. The Morgan fingerprint density at radius 1 is 1.50 bits per heavy atom. The Bertz CT molecular complexity index is 355. The van der Waals surface area contributed by atoms with Crippen LogP contribution in [-0.2, 0) is 4.79 Å². The molecule has 1 rings (SSSR count). The molecule has 0 saturated heterocycles. The summed E-state index contributed by atoms with van der Waals surface area (Å²) in [6.45, 7) is 2.96. The van der Waals surface area contributed by atoms with Crippen LogP contribution in [-0.4, -0.2) is 19.0 Å². The second-order valence-electron chi connectivity index (χ2n) is 3.56. The van der Waals surface area contributed by atoms with Crippen molar-refractivity contribution in [1.82, 2.24) is 0 Å². The minimum absolute atomic E-state index is 0.0928. The highest BCUT2D eigenvalue weighted by Crippen LogP contribution is 2.20. The van der Waals surface area contributed by atoms with Crippen LogP contribution in [0, 0.1) is 0 Å². The number of carbonyl (C=O) groups excluding carboxylic acids is 1. The summed E-state index contributed by atoms with van der Waals surface area (Å²) in [4.78, 5) is 13.6. The van der Waals surface area contributed by atoms with Gasteiger partial charge < -0.3 is 10.6 Å². The first kappa shape index (κ1) is 13.0. The van der Waals surface area contributed by atoms with Gasteiger partial charge in [0.25, 0.3) is 0 Å². The van der Waals surface area contributed by atoms with Crippen molar-refractivity contribution < 1.29 is 4.79 Å². The quantitative estimate of drug-likeness (QED) is 0.859. The molecule has 0 bridgehead atoms. The van der Waals surface area contributed by atoms with Gasteiger partial charge in [-0.2, -0.15) is 0 Å². The summed E-state index contributed by atoms with van der Waals surface area (Å²) < 4.78 is 0. The van der Waals surface area contributed by atoms with Crippen LogP contribution in [0.2, 0.25) is 5.02 Å². The van der Waals surface area contributed by atoms with Crippen LogP contribution in [0.3, 0.4) is 0 Å². The molecule has 2 N–H and O–H groups in total. The molecule has 0 aliphatic rings. The van der Waals surface area contributed by atoms with Gasteiger partial charge in [0.2, 0.25) is 5.91 Å². The molecule has 1 amide bonds. The van der Waals surface area contributed by atoms with E-state index in [1.165, 1.54) is 0 Å². The molecule has 0 radical (unpaired) electrons. The van der Waals surface area contributed by atoms with Gasteiger partial charge in [-0.15, -0.1) is 0 Å². The van der Waals surface area contributed by atoms with Gasteiger partial charge in [-0.05, 0) is 24.6 Å². The van der Waals surface area contributed by atoms with Crippen molar-refractivity contribution in [3.63, 3.8) is 0 Å². The molecule has 88 valence electrons. The first-order valence-electron chi connectivity index (χ1n) is 5.45. The lowest BCUT2D eigenvalue weighted by Gasteiger charge is -2.22. The van der Waals surface area contributed by atoms with Crippen LogP contribution in [0.15, 0.2) is 24.3 Å². The van der Waals surface area contributed by atoms with Gasteiger partial charge in [-0.25, -0.2) is 0 Å². The number of nitrogens with two attached hydrogens (primary N) is 1. The number of nitrogens with zero attached hydrogens (tertiary/aromatic N) is 1. The monoisotopic (exact) mass is 240 g/mol. The highest BCUT2D eigenvalue weighted by molar-refractivity contribution is 6.30. The average Bonchev–Trinajstić information content (AvgIpc) is 2.26. The van der Waals surface area contributed by atoms with Crippen molar-refractivity contribution >= 4 is 23.2 Å². The molecule has 0 aromatic heterocycles. The largest absolute Gasteiger partial charge is 0.329 e. The fraction of sp³-hybridized carbons (Fsp3) is 0.417. The molecule has 0 aliphatic carbocycles. The van der Waals surface area contributed by atoms with Crippen LogP contribution in [0.1, 0.15) is 19.8 Å². The van der Waals surface area contributed by atoms with Crippen molar-refractivity contribution in [3.8, 4) is 0 Å². The van der Waals surface area contributed by atoms with E-state index in [9.17, 15) is 4.79 Å². The first-order valence-corrected chi connectivity index (χ1v) is 5.82. The van der Waals surface area contributed by atoms with Gasteiger partial charge in [0.05, 0.1) is 0 Å². The molecule has 16 heavy (non-hydrogen) atoms. The Labute approximate surface area is 101 Å². The third-order valence-corrected chi connectivity index (χ3v) is 2.47. The maximum atomic E-state index is 11.9. The Morgan fingerprint density at radius 2 is 2.25 bits per heavy atom. The molecule has 0 aliphatic heterocycles. The lowest BCUT2D eigenvalue weighted by atomic mass is 10.2. The zero-order valence-corrected chi connectivity index (χ0v) is 10.2. The fourth-order valence-electron chi connectivity index (χ4n) is 1.52. The van der Waals surface area contributed by atoms with E-state index >= 15 is 0 Å². The van der Waals surface area contributed by atoms with E-state index in [4.69, 9.17) is 17.3 Å². The zero-order valence-electron chi connectivity index (χ0n) is 9.45. The van der Waals surface area contributed by atoms with Crippen LogP contribution < -0.4 is 10.6 Å². The molecule has 0 atom stereocenters. The summed E-state index contributed by atoms with van der Waals surface area (Å²) in [5.74, 6) is 0.0928. The predicted molar refractivity (Wildman–Crippen MR) is 67.8 cm³/mol. The van der Waals surface area contributed by atoms with Crippen LogP contribution in [0.25, 0.3) is 0 Å². The average molecular weight is 241 g/mol. The second kappa shape index (κ2) is 6.51. The predicted octanol–water partition coefficient (Wildman–Crippen LogP) is 2.43. The SMILES string of the molecule is CCCC(=O)N(CCN)c1cccc(Cl)c1. The Balaban J connectivity index is 2.88. The minimum atomic E-state index is 0.0928. The number of anilines is 1. The lowest BCUT2D eigenvalue weighted by molar-refractivity contribution is -0.118. The Morgan fingerprint density at radius 3 is 2.81 bits per heavy atom. The fourth-order valence-corrected chi connectivity index (χ4v) is 1.70.